The van der Waals surface area contributed by atoms with E-state index in [1.165, 1.54) is 0 Å². The minimum Gasteiger partial charge on any atom is -0.475 e. The topological polar surface area (TPSA) is 22.1 Å². The van der Waals surface area contributed by atoms with E-state index in [-0.39, 0.29) is 6.10 Å². The van der Waals surface area contributed by atoms with Gasteiger partial charge in [-0.05, 0) is 30.9 Å². The number of aromatic nitrogens is 1. The molecule has 0 amide bonds. The van der Waals surface area contributed by atoms with Gasteiger partial charge in [-0.3, -0.25) is 0 Å². The average molecular weight is 278 g/mol. The highest BCUT2D eigenvalue weighted by atomic mass is 35.5. The predicted molar refractivity (Wildman–Crippen MR) is 80.8 cm³/mol. The Morgan fingerprint density at radius 1 is 1.21 bits per heavy atom. The van der Waals surface area contributed by atoms with Gasteiger partial charge in [-0.25, -0.2) is 4.98 Å². The smallest absolute Gasteiger partial charge is 0.214 e. The minimum absolute atomic E-state index is 0.164. The zero-order valence-corrected chi connectivity index (χ0v) is 12.4. The number of pyridine rings is 1. The first-order valence-corrected chi connectivity index (χ1v) is 7.25. The molecule has 1 aromatic carbocycles. The summed E-state index contributed by atoms with van der Waals surface area (Å²) in [5.41, 5.74) is 2.01. The molecule has 1 heterocycles. The van der Waals surface area contributed by atoms with E-state index < -0.39 is 0 Å². The fourth-order valence-electron chi connectivity index (χ4n) is 2.31. The van der Waals surface area contributed by atoms with Crippen LogP contribution in [0.3, 0.4) is 0 Å². The minimum atomic E-state index is 0.164. The van der Waals surface area contributed by atoms with Crippen molar-refractivity contribution in [2.75, 3.05) is 0 Å². The number of rotatable bonds is 5. The lowest BCUT2D eigenvalue weighted by Gasteiger charge is -2.17. The Morgan fingerprint density at radius 2 is 1.95 bits per heavy atom. The number of halogens is 1. The third-order valence-electron chi connectivity index (χ3n) is 3.05. The van der Waals surface area contributed by atoms with Crippen LogP contribution in [-0.4, -0.2) is 11.1 Å². The number of nitrogens with zero attached hydrogens (tertiary/aromatic N) is 1. The number of hydrogen-bond donors (Lipinski definition) is 0. The van der Waals surface area contributed by atoms with Gasteiger partial charge in [0.05, 0.1) is 11.6 Å². The van der Waals surface area contributed by atoms with Crippen molar-refractivity contribution >= 4 is 22.5 Å². The number of alkyl halides is 1. The van der Waals surface area contributed by atoms with Gasteiger partial charge in [-0.1, -0.05) is 32.0 Å². The van der Waals surface area contributed by atoms with Crippen LogP contribution in [0.5, 0.6) is 5.88 Å². The van der Waals surface area contributed by atoms with Gasteiger partial charge in [0.15, 0.2) is 0 Å². The van der Waals surface area contributed by atoms with Gasteiger partial charge >= 0.3 is 0 Å². The number of fused-ring (bicyclic) bond motifs is 1. The Balaban J connectivity index is 2.29. The second kappa shape index (κ2) is 6.25. The van der Waals surface area contributed by atoms with Crippen molar-refractivity contribution < 1.29 is 4.74 Å². The second-order valence-electron chi connectivity index (χ2n) is 5.33. The molecule has 1 unspecified atom stereocenters. The maximum atomic E-state index is 6.02. The van der Waals surface area contributed by atoms with E-state index in [0.29, 0.717) is 17.7 Å². The van der Waals surface area contributed by atoms with Crippen LogP contribution in [0.25, 0.3) is 10.9 Å². The van der Waals surface area contributed by atoms with Crippen LogP contribution in [0.15, 0.2) is 30.3 Å². The first-order chi connectivity index (χ1) is 9.10. The van der Waals surface area contributed by atoms with Crippen LogP contribution in [-0.2, 0) is 5.88 Å². The monoisotopic (exact) mass is 277 g/mol. The summed E-state index contributed by atoms with van der Waals surface area (Å²) >= 11 is 6.02. The Kier molecular flexibility index (Phi) is 4.65. The Hall–Kier alpha value is -1.28. The summed E-state index contributed by atoms with van der Waals surface area (Å²) in [6.45, 7) is 6.47. The van der Waals surface area contributed by atoms with E-state index in [1.54, 1.807) is 0 Å². The molecule has 2 nitrogen and oxygen atoms in total. The van der Waals surface area contributed by atoms with Crippen LogP contribution < -0.4 is 4.74 Å². The van der Waals surface area contributed by atoms with Crippen molar-refractivity contribution in [3.05, 3.63) is 35.9 Å². The summed E-state index contributed by atoms with van der Waals surface area (Å²) in [5.74, 6) is 1.75. The van der Waals surface area contributed by atoms with Crippen molar-refractivity contribution in [2.24, 2.45) is 5.92 Å². The molecule has 0 N–H and O–H groups in total. The molecule has 0 bridgehead atoms. The Labute approximate surface area is 119 Å². The zero-order valence-electron chi connectivity index (χ0n) is 11.7. The normalized spacial score (nSPS) is 12.9. The number of para-hydroxylation sites is 1. The SMILES string of the molecule is CC(C)CC(C)Oc1cc(CCl)c2ccccc2n1. The molecule has 0 saturated carbocycles. The maximum Gasteiger partial charge on any atom is 0.214 e. The number of hydrogen-bond acceptors (Lipinski definition) is 2. The van der Waals surface area contributed by atoms with E-state index in [0.717, 1.165) is 22.9 Å². The third-order valence-corrected chi connectivity index (χ3v) is 3.34. The Morgan fingerprint density at radius 3 is 2.63 bits per heavy atom. The van der Waals surface area contributed by atoms with Gasteiger partial charge in [-0.2, -0.15) is 0 Å². The molecular formula is C16H20ClNO. The van der Waals surface area contributed by atoms with Crippen molar-refractivity contribution in [1.29, 1.82) is 0 Å². The van der Waals surface area contributed by atoms with Gasteiger partial charge in [0.2, 0.25) is 5.88 Å². The van der Waals surface area contributed by atoms with Crippen LogP contribution in [0.2, 0.25) is 0 Å². The fraction of sp³-hybridized carbons (Fsp3) is 0.438. The number of ether oxygens (including phenoxy) is 1. The highest BCUT2D eigenvalue weighted by molar-refractivity contribution is 6.18. The van der Waals surface area contributed by atoms with E-state index in [1.807, 2.05) is 30.3 Å². The van der Waals surface area contributed by atoms with Gasteiger partial charge in [0, 0.05) is 17.3 Å². The lowest BCUT2D eigenvalue weighted by atomic mass is 10.1. The molecular weight excluding hydrogens is 258 g/mol. The van der Waals surface area contributed by atoms with Crippen LogP contribution in [0.4, 0.5) is 0 Å². The summed E-state index contributed by atoms with van der Waals surface area (Å²) in [6, 6.07) is 9.97. The zero-order chi connectivity index (χ0) is 13.8. The summed E-state index contributed by atoms with van der Waals surface area (Å²) in [7, 11) is 0. The maximum absolute atomic E-state index is 6.02. The van der Waals surface area contributed by atoms with Crippen LogP contribution in [0, 0.1) is 5.92 Å². The largest absolute Gasteiger partial charge is 0.475 e. The summed E-state index contributed by atoms with van der Waals surface area (Å²) in [4.78, 5) is 4.55. The van der Waals surface area contributed by atoms with Crippen molar-refractivity contribution in [3.63, 3.8) is 0 Å². The van der Waals surface area contributed by atoms with Crippen molar-refractivity contribution in [2.45, 2.75) is 39.2 Å². The molecule has 0 aliphatic heterocycles. The lowest BCUT2D eigenvalue weighted by molar-refractivity contribution is 0.186. The van der Waals surface area contributed by atoms with E-state index in [2.05, 4.69) is 25.8 Å². The average Bonchev–Trinajstić information content (AvgIpc) is 2.36. The van der Waals surface area contributed by atoms with E-state index in [4.69, 9.17) is 16.3 Å². The highest BCUT2D eigenvalue weighted by Crippen LogP contribution is 2.24. The fourth-order valence-corrected chi connectivity index (χ4v) is 2.53. The van der Waals surface area contributed by atoms with Gasteiger partial charge < -0.3 is 4.74 Å². The van der Waals surface area contributed by atoms with Crippen LogP contribution >= 0.6 is 11.6 Å². The third kappa shape index (κ3) is 3.60. The molecule has 19 heavy (non-hydrogen) atoms. The Bertz CT molecular complexity index is 553. The molecule has 0 radical (unpaired) electrons. The first-order valence-electron chi connectivity index (χ1n) is 6.71. The second-order valence-corrected chi connectivity index (χ2v) is 5.60. The summed E-state index contributed by atoms with van der Waals surface area (Å²) in [6.07, 6.45) is 1.18. The van der Waals surface area contributed by atoms with E-state index >= 15 is 0 Å². The lowest BCUT2D eigenvalue weighted by Crippen LogP contribution is -2.15. The van der Waals surface area contributed by atoms with Crippen molar-refractivity contribution in [1.82, 2.24) is 4.98 Å². The first kappa shape index (κ1) is 14.1. The molecule has 102 valence electrons. The molecule has 2 aromatic rings. The highest BCUT2D eigenvalue weighted by Gasteiger charge is 2.10. The standard InChI is InChI=1S/C16H20ClNO/c1-11(2)8-12(3)19-16-9-13(10-17)14-6-4-5-7-15(14)18-16/h4-7,9,11-12H,8,10H2,1-3H3. The summed E-state index contributed by atoms with van der Waals surface area (Å²) < 4.78 is 5.91. The number of benzene rings is 1. The molecule has 0 aliphatic carbocycles. The van der Waals surface area contributed by atoms with Gasteiger partial charge in [-0.15, -0.1) is 11.6 Å². The molecule has 2 rings (SSSR count). The van der Waals surface area contributed by atoms with Crippen LogP contribution in [0.1, 0.15) is 32.8 Å². The molecule has 3 heteroatoms. The van der Waals surface area contributed by atoms with E-state index in [9.17, 15) is 0 Å². The molecule has 0 fully saturated rings. The molecule has 1 aromatic heterocycles. The molecule has 1 atom stereocenters. The predicted octanol–water partition coefficient (Wildman–Crippen LogP) is 4.79. The molecule has 0 spiro atoms. The van der Waals surface area contributed by atoms with Gasteiger partial charge in [0.25, 0.3) is 0 Å². The molecule has 0 aliphatic rings. The summed E-state index contributed by atoms with van der Waals surface area (Å²) in [5, 5.41) is 1.10. The van der Waals surface area contributed by atoms with Gasteiger partial charge in [0.1, 0.15) is 0 Å². The van der Waals surface area contributed by atoms with Crippen molar-refractivity contribution in [3.8, 4) is 5.88 Å². The molecule has 0 saturated heterocycles. The quantitative estimate of drug-likeness (QED) is 0.733.